The molecule has 2 aromatic heterocycles. The van der Waals surface area contributed by atoms with Crippen LogP contribution in [0.15, 0.2) is 29.0 Å². The van der Waals surface area contributed by atoms with Gasteiger partial charge in [-0.2, -0.15) is 0 Å². The van der Waals surface area contributed by atoms with Crippen LogP contribution in [0, 0.1) is 0 Å². The van der Waals surface area contributed by atoms with E-state index in [4.69, 9.17) is 0 Å². The average molecular weight is 309 g/mol. The van der Waals surface area contributed by atoms with Crippen LogP contribution in [-0.4, -0.2) is 30.6 Å². The topological polar surface area (TPSA) is 15.3 Å². The maximum Gasteiger partial charge on any atom is 0.0351 e. The Morgan fingerprint density at radius 2 is 2.05 bits per heavy atom. The smallest absolute Gasteiger partial charge is 0.0351 e. The highest BCUT2D eigenvalue weighted by atomic mass is 32.1. The molecule has 20 heavy (non-hydrogen) atoms. The van der Waals surface area contributed by atoms with Gasteiger partial charge in [0.25, 0.3) is 0 Å². The van der Waals surface area contributed by atoms with Crippen molar-refractivity contribution < 1.29 is 0 Å². The summed E-state index contributed by atoms with van der Waals surface area (Å²) in [6, 6.07) is 7.14. The van der Waals surface area contributed by atoms with Crippen molar-refractivity contribution in [2.45, 2.75) is 33.4 Å². The van der Waals surface area contributed by atoms with Gasteiger partial charge in [-0.15, -0.1) is 22.7 Å². The molecule has 0 aliphatic rings. The van der Waals surface area contributed by atoms with E-state index in [-0.39, 0.29) is 0 Å². The van der Waals surface area contributed by atoms with Crippen LogP contribution in [0.2, 0.25) is 0 Å². The normalized spacial score (nSPS) is 13.0. The van der Waals surface area contributed by atoms with Gasteiger partial charge in [-0.05, 0) is 42.9 Å². The SMILES string of the molecule is CCN(CC)CC(C)NCc1cc(-c2cccs2)cs1. The molecular formula is C16H24N2S2. The lowest BCUT2D eigenvalue weighted by Gasteiger charge is -2.23. The molecule has 0 radical (unpaired) electrons. The van der Waals surface area contributed by atoms with Gasteiger partial charge >= 0.3 is 0 Å². The molecule has 110 valence electrons. The van der Waals surface area contributed by atoms with Crippen LogP contribution in [0.1, 0.15) is 25.6 Å². The Bertz CT molecular complexity index is 486. The number of rotatable bonds is 8. The third-order valence-electron chi connectivity index (χ3n) is 3.51. The summed E-state index contributed by atoms with van der Waals surface area (Å²) in [4.78, 5) is 5.24. The highest BCUT2D eigenvalue weighted by molar-refractivity contribution is 7.14. The lowest BCUT2D eigenvalue weighted by molar-refractivity contribution is 0.271. The van der Waals surface area contributed by atoms with E-state index in [0.29, 0.717) is 6.04 Å². The summed E-state index contributed by atoms with van der Waals surface area (Å²) in [5.74, 6) is 0. The first-order valence-corrected chi connectivity index (χ1v) is 9.05. The van der Waals surface area contributed by atoms with Crippen LogP contribution in [-0.2, 0) is 6.54 Å². The lowest BCUT2D eigenvalue weighted by atomic mass is 10.2. The Hall–Kier alpha value is -0.680. The second-order valence-corrected chi connectivity index (χ2v) is 6.99. The quantitative estimate of drug-likeness (QED) is 0.782. The van der Waals surface area contributed by atoms with Crippen molar-refractivity contribution >= 4 is 22.7 Å². The Balaban J connectivity index is 1.82. The van der Waals surface area contributed by atoms with E-state index < -0.39 is 0 Å². The van der Waals surface area contributed by atoms with Gasteiger partial charge in [0, 0.05) is 34.4 Å². The van der Waals surface area contributed by atoms with E-state index in [1.165, 1.54) is 15.3 Å². The fourth-order valence-electron chi connectivity index (χ4n) is 2.25. The zero-order chi connectivity index (χ0) is 14.4. The summed E-state index contributed by atoms with van der Waals surface area (Å²) < 4.78 is 0. The Kier molecular flexibility index (Phi) is 6.23. The number of nitrogens with zero attached hydrogens (tertiary/aromatic N) is 1. The van der Waals surface area contributed by atoms with Crippen LogP contribution in [0.25, 0.3) is 10.4 Å². The molecule has 1 N–H and O–H groups in total. The minimum absolute atomic E-state index is 0.530. The molecule has 0 spiro atoms. The van der Waals surface area contributed by atoms with Crippen LogP contribution < -0.4 is 5.32 Å². The number of nitrogens with one attached hydrogen (secondary N) is 1. The monoisotopic (exact) mass is 308 g/mol. The van der Waals surface area contributed by atoms with Gasteiger partial charge < -0.3 is 10.2 Å². The van der Waals surface area contributed by atoms with Crippen LogP contribution in [0.4, 0.5) is 0 Å². The second-order valence-electron chi connectivity index (χ2n) is 5.05. The number of hydrogen-bond donors (Lipinski definition) is 1. The summed E-state index contributed by atoms with van der Waals surface area (Å²) in [6.07, 6.45) is 0. The lowest BCUT2D eigenvalue weighted by Crippen LogP contribution is -2.38. The molecule has 0 fully saturated rings. The largest absolute Gasteiger partial charge is 0.308 e. The Labute approximate surface area is 130 Å². The minimum atomic E-state index is 0.530. The van der Waals surface area contributed by atoms with Crippen molar-refractivity contribution in [1.82, 2.24) is 10.2 Å². The summed E-state index contributed by atoms with van der Waals surface area (Å²) in [5, 5.41) is 8.03. The van der Waals surface area contributed by atoms with E-state index in [0.717, 1.165) is 26.2 Å². The molecule has 2 nitrogen and oxygen atoms in total. The first kappa shape index (κ1) is 15.7. The highest BCUT2D eigenvalue weighted by Gasteiger charge is 2.08. The van der Waals surface area contributed by atoms with Crippen molar-refractivity contribution in [3.63, 3.8) is 0 Å². The molecule has 0 saturated heterocycles. The minimum Gasteiger partial charge on any atom is -0.308 e. The van der Waals surface area contributed by atoms with Crippen molar-refractivity contribution in [1.29, 1.82) is 0 Å². The van der Waals surface area contributed by atoms with Gasteiger partial charge in [0.1, 0.15) is 0 Å². The average Bonchev–Trinajstić information content (AvgIpc) is 3.12. The number of hydrogen-bond acceptors (Lipinski definition) is 4. The second kappa shape index (κ2) is 7.93. The molecule has 1 unspecified atom stereocenters. The van der Waals surface area contributed by atoms with E-state index in [1.54, 1.807) is 0 Å². The summed E-state index contributed by atoms with van der Waals surface area (Å²) in [5.41, 5.74) is 1.36. The summed E-state index contributed by atoms with van der Waals surface area (Å²) in [6.45, 7) is 11.1. The maximum absolute atomic E-state index is 3.63. The zero-order valence-electron chi connectivity index (χ0n) is 12.6. The Morgan fingerprint density at radius 3 is 2.70 bits per heavy atom. The van der Waals surface area contributed by atoms with E-state index in [2.05, 4.69) is 59.9 Å². The van der Waals surface area contributed by atoms with E-state index >= 15 is 0 Å². The third-order valence-corrected chi connectivity index (χ3v) is 5.37. The van der Waals surface area contributed by atoms with E-state index in [1.807, 2.05) is 22.7 Å². The van der Waals surface area contributed by atoms with Gasteiger partial charge in [-0.25, -0.2) is 0 Å². The molecule has 0 aliphatic heterocycles. The van der Waals surface area contributed by atoms with Crippen molar-refractivity contribution in [3.05, 3.63) is 33.8 Å². The zero-order valence-corrected chi connectivity index (χ0v) is 14.2. The molecule has 2 heterocycles. The first-order valence-electron chi connectivity index (χ1n) is 7.30. The Morgan fingerprint density at radius 1 is 1.25 bits per heavy atom. The molecular weight excluding hydrogens is 284 g/mol. The molecule has 1 atom stereocenters. The standard InChI is InChI=1S/C16H24N2S2/c1-4-18(5-2)11-13(3)17-10-15-9-14(12-20-15)16-7-6-8-19-16/h6-9,12-13,17H,4-5,10-11H2,1-3H3. The van der Waals surface area contributed by atoms with Gasteiger partial charge in [0.15, 0.2) is 0 Å². The molecule has 0 aliphatic carbocycles. The fourth-order valence-corrected chi connectivity index (χ4v) is 3.88. The molecule has 2 aromatic rings. The van der Waals surface area contributed by atoms with Crippen LogP contribution >= 0.6 is 22.7 Å². The van der Waals surface area contributed by atoms with Crippen LogP contribution in [0.5, 0.6) is 0 Å². The molecule has 2 rings (SSSR count). The van der Waals surface area contributed by atoms with E-state index in [9.17, 15) is 0 Å². The summed E-state index contributed by atoms with van der Waals surface area (Å²) in [7, 11) is 0. The first-order chi connectivity index (χ1) is 9.72. The van der Waals surface area contributed by atoms with Crippen molar-refractivity contribution in [3.8, 4) is 10.4 Å². The third kappa shape index (κ3) is 4.42. The van der Waals surface area contributed by atoms with Crippen LogP contribution in [0.3, 0.4) is 0 Å². The number of thiophene rings is 2. The maximum atomic E-state index is 3.63. The van der Waals surface area contributed by atoms with Gasteiger partial charge in [0.05, 0.1) is 0 Å². The molecule has 0 amide bonds. The van der Waals surface area contributed by atoms with Crippen molar-refractivity contribution in [2.75, 3.05) is 19.6 Å². The predicted molar refractivity (Wildman–Crippen MR) is 91.7 cm³/mol. The molecule has 0 aromatic carbocycles. The number of likely N-dealkylation sites (N-methyl/N-ethyl adjacent to an activating group) is 1. The molecule has 0 bridgehead atoms. The highest BCUT2D eigenvalue weighted by Crippen LogP contribution is 2.29. The molecule has 4 heteroatoms. The predicted octanol–water partition coefficient (Wildman–Crippen LogP) is 4.30. The van der Waals surface area contributed by atoms with Gasteiger partial charge in [-0.1, -0.05) is 19.9 Å². The van der Waals surface area contributed by atoms with Gasteiger partial charge in [-0.3, -0.25) is 0 Å². The van der Waals surface area contributed by atoms with Crippen molar-refractivity contribution in [2.24, 2.45) is 0 Å². The fraction of sp³-hybridized carbons (Fsp3) is 0.500. The summed E-state index contributed by atoms with van der Waals surface area (Å²) >= 11 is 3.66. The van der Waals surface area contributed by atoms with Gasteiger partial charge in [0.2, 0.25) is 0 Å². The molecule has 0 saturated carbocycles.